The van der Waals surface area contributed by atoms with E-state index < -0.39 is 6.04 Å². The number of aromatic nitrogens is 4. The third-order valence-corrected chi connectivity index (χ3v) is 6.38. The molecule has 1 atom stereocenters. The highest BCUT2D eigenvalue weighted by atomic mass is 16.2. The molecule has 3 aromatic heterocycles. The van der Waals surface area contributed by atoms with Gasteiger partial charge in [0.25, 0.3) is 5.56 Å². The molecule has 5 aromatic rings. The molecule has 0 aliphatic heterocycles. The zero-order valence-corrected chi connectivity index (χ0v) is 18.7. The molecule has 3 heterocycles. The highest BCUT2D eigenvalue weighted by molar-refractivity contribution is 5.97. The number of rotatable bonds is 5. The first-order valence-corrected chi connectivity index (χ1v) is 11.5. The van der Waals surface area contributed by atoms with Gasteiger partial charge in [0.1, 0.15) is 23.2 Å². The van der Waals surface area contributed by atoms with E-state index in [4.69, 9.17) is 4.98 Å². The number of pyridine rings is 1. The Morgan fingerprint density at radius 1 is 1.00 bits per heavy atom. The molecule has 0 radical (unpaired) electrons. The van der Waals surface area contributed by atoms with Gasteiger partial charge in [-0.2, -0.15) is 5.10 Å². The lowest BCUT2D eigenvalue weighted by molar-refractivity contribution is -0.119. The third kappa shape index (κ3) is 3.55. The van der Waals surface area contributed by atoms with Crippen molar-refractivity contribution >= 4 is 28.1 Å². The number of carbonyl (C=O) groups is 1. The molecular weight excluding hydrogens is 426 g/mol. The van der Waals surface area contributed by atoms with Gasteiger partial charge in [0.15, 0.2) is 0 Å². The van der Waals surface area contributed by atoms with Gasteiger partial charge in [-0.15, -0.1) is 0 Å². The molecule has 1 fully saturated rings. The minimum Gasteiger partial charge on any atom is -0.308 e. The summed E-state index contributed by atoms with van der Waals surface area (Å²) in [5.41, 5.74) is 2.87. The van der Waals surface area contributed by atoms with Crippen LogP contribution in [-0.4, -0.2) is 25.1 Å². The fourth-order valence-electron chi connectivity index (χ4n) is 4.30. The summed E-state index contributed by atoms with van der Waals surface area (Å²) in [6.07, 6.45) is 4.01. The summed E-state index contributed by atoms with van der Waals surface area (Å²) in [5, 5.41) is 9.74. The van der Waals surface area contributed by atoms with Crippen molar-refractivity contribution in [1.29, 1.82) is 0 Å². The van der Waals surface area contributed by atoms with E-state index in [0.717, 1.165) is 40.5 Å². The number of hydrogen-bond donors (Lipinski definition) is 1. The Balaban J connectivity index is 1.40. The minimum absolute atomic E-state index is 0.292. The van der Waals surface area contributed by atoms with Crippen molar-refractivity contribution in [3.05, 3.63) is 95.0 Å². The van der Waals surface area contributed by atoms with E-state index in [1.54, 1.807) is 13.0 Å². The molecule has 2 aromatic carbocycles. The van der Waals surface area contributed by atoms with Crippen LogP contribution < -0.4 is 10.9 Å². The Morgan fingerprint density at radius 3 is 2.62 bits per heavy atom. The molecule has 7 nitrogen and oxygen atoms in total. The van der Waals surface area contributed by atoms with Crippen molar-refractivity contribution < 1.29 is 4.79 Å². The lowest BCUT2D eigenvalue weighted by atomic mass is 10.1. The molecule has 1 amide bonds. The topological polar surface area (TPSA) is 81.3 Å². The molecule has 1 saturated carbocycles. The van der Waals surface area contributed by atoms with Crippen molar-refractivity contribution in [2.24, 2.45) is 0 Å². The van der Waals surface area contributed by atoms with E-state index in [-0.39, 0.29) is 11.5 Å². The molecule has 168 valence electrons. The van der Waals surface area contributed by atoms with Crippen LogP contribution >= 0.6 is 0 Å². The smallest absolute Gasteiger partial charge is 0.267 e. The molecule has 1 aliphatic carbocycles. The maximum atomic E-state index is 13.3. The van der Waals surface area contributed by atoms with E-state index in [9.17, 15) is 9.59 Å². The van der Waals surface area contributed by atoms with Gasteiger partial charge >= 0.3 is 0 Å². The van der Waals surface area contributed by atoms with Crippen molar-refractivity contribution in [3.8, 4) is 11.3 Å². The first-order chi connectivity index (χ1) is 16.6. The second-order valence-electron chi connectivity index (χ2n) is 8.78. The zero-order chi connectivity index (χ0) is 23.2. The maximum Gasteiger partial charge on any atom is 0.267 e. The summed E-state index contributed by atoms with van der Waals surface area (Å²) in [6, 6.07) is 22.5. The summed E-state index contributed by atoms with van der Waals surface area (Å²) in [7, 11) is 0. The van der Waals surface area contributed by atoms with Gasteiger partial charge in [-0.25, -0.2) is 9.67 Å². The molecule has 1 unspecified atom stereocenters. The lowest BCUT2D eigenvalue weighted by Gasteiger charge is -2.15. The van der Waals surface area contributed by atoms with E-state index in [2.05, 4.69) is 34.7 Å². The highest BCUT2D eigenvalue weighted by Gasteiger charge is 2.27. The Kier molecular flexibility index (Phi) is 4.76. The van der Waals surface area contributed by atoms with Crippen LogP contribution in [-0.2, 0) is 4.79 Å². The largest absolute Gasteiger partial charge is 0.308 e. The summed E-state index contributed by atoms with van der Waals surface area (Å²) in [6.45, 7) is 1.69. The Bertz CT molecular complexity index is 1610. The molecule has 1 N–H and O–H groups in total. The normalized spacial score (nSPS) is 14.4. The molecule has 34 heavy (non-hydrogen) atoms. The second-order valence-corrected chi connectivity index (χ2v) is 8.78. The van der Waals surface area contributed by atoms with Crippen LogP contribution in [0.15, 0.2) is 83.8 Å². The molecular formula is C27H23N5O2. The van der Waals surface area contributed by atoms with E-state index in [0.29, 0.717) is 17.4 Å². The van der Waals surface area contributed by atoms with Gasteiger partial charge in [0.05, 0.1) is 5.69 Å². The predicted octanol–water partition coefficient (Wildman–Crippen LogP) is 4.79. The third-order valence-electron chi connectivity index (χ3n) is 6.38. The fraction of sp³-hybridized carbons (Fsp3) is 0.185. The molecule has 0 spiro atoms. The summed E-state index contributed by atoms with van der Waals surface area (Å²) in [4.78, 5) is 30.6. The first-order valence-electron chi connectivity index (χ1n) is 11.5. The average Bonchev–Trinajstić information content (AvgIpc) is 3.66. The van der Waals surface area contributed by atoms with Crippen molar-refractivity contribution in [3.63, 3.8) is 0 Å². The van der Waals surface area contributed by atoms with Crippen molar-refractivity contribution in [2.45, 2.75) is 31.7 Å². The number of nitrogens with zero attached hydrogens (tertiary/aromatic N) is 4. The minimum atomic E-state index is -0.773. The van der Waals surface area contributed by atoms with Crippen LogP contribution in [0, 0.1) is 0 Å². The number of fused-ring (bicyclic) bond motifs is 2. The standard InChI is InChI=1S/C27H23N5O2/c1-17(32-24(33)14-13-22(30-32)19-10-11-19)27(34)29-26-25(28-23-8-4-5-15-31(23)26)21-12-9-18-6-2-3-7-20(18)16-21/h2-9,12-17,19H,10-11H2,1H3,(H,29,34). The fourth-order valence-corrected chi connectivity index (χ4v) is 4.30. The van der Waals surface area contributed by atoms with Gasteiger partial charge < -0.3 is 5.32 Å². The number of nitrogens with one attached hydrogen (secondary N) is 1. The molecule has 6 rings (SSSR count). The van der Waals surface area contributed by atoms with Gasteiger partial charge in [0.2, 0.25) is 5.91 Å². The van der Waals surface area contributed by atoms with Crippen LogP contribution in [0.25, 0.3) is 27.7 Å². The van der Waals surface area contributed by atoms with Crippen LogP contribution in [0.4, 0.5) is 5.82 Å². The van der Waals surface area contributed by atoms with Gasteiger partial charge in [-0.05, 0) is 54.8 Å². The van der Waals surface area contributed by atoms with Crippen molar-refractivity contribution in [2.75, 3.05) is 5.32 Å². The SMILES string of the molecule is CC(C(=O)Nc1c(-c2ccc3ccccc3c2)nc2ccccn12)n1nc(C2CC2)ccc1=O. The predicted molar refractivity (Wildman–Crippen MR) is 132 cm³/mol. The highest BCUT2D eigenvalue weighted by Crippen LogP contribution is 2.38. The number of hydrogen-bond acceptors (Lipinski definition) is 4. The number of benzene rings is 2. The average molecular weight is 450 g/mol. The van der Waals surface area contributed by atoms with Crippen LogP contribution in [0.5, 0.6) is 0 Å². The number of anilines is 1. The van der Waals surface area contributed by atoms with E-state index in [1.165, 1.54) is 10.7 Å². The summed E-state index contributed by atoms with van der Waals surface area (Å²) < 4.78 is 3.13. The Morgan fingerprint density at radius 2 is 1.79 bits per heavy atom. The maximum absolute atomic E-state index is 13.3. The Hall–Kier alpha value is -4.26. The monoisotopic (exact) mass is 449 g/mol. The number of amides is 1. The molecule has 0 saturated heterocycles. The van der Waals surface area contributed by atoms with Crippen LogP contribution in [0.1, 0.15) is 37.4 Å². The van der Waals surface area contributed by atoms with E-state index >= 15 is 0 Å². The van der Waals surface area contributed by atoms with E-state index in [1.807, 2.05) is 47.0 Å². The number of carbonyl (C=O) groups excluding carboxylic acids is 1. The van der Waals surface area contributed by atoms with Gasteiger partial charge in [0, 0.05) is 23.7 Å². The number of imidazole rings is 1. The van der Waals surface area contributed by atoms with Gasteiger partial charge in [-0.3, -0.25) is 14.0 Å². The first kappa shape index (κ1) is 20.4. The molecule has 1 aliphatic rings. The summed E-state index contributed by atoms with van der Waals surface area (Å²) in [5.74, 6) is 0.629. The molecule has 7 heteroatoms. The quantitative estimate of drug-likeness (QED) is 0.418. The van der Waals surface area contributed by atoms with Gasteiger partial charge in [-0.1, -0.05) is 42.5 Å². The molecule has 0 bridgehead atoms. The summed E-state index contributed by atoms with van der Waals surface area (Å²) >= 11 is 0. The zero-order valence-electron chi connectivity index (χ0n) is 18.7. The lowest BCUT2D eigenvalue weighted by Crippen LogP contribution is -2.33. The Labute approximate surface area is 195 Å². The van der Waals surface area contributed by atoms with Crippen LogP contribution in [0.2, 0.25) is 0 Å². The second kappa shape index (κ2) is 7.95. The van der Waals surface area contributed by atoms with Crippen molar-refractivity contribution in [1.82, 2.24) is 19.2 Å². The van der Waals surface area contributed by atoms with Crippen LogP contribution in [0.3, 0.4) is 0 Å².